The molecule has 1 aromatic carbocycles. The fourth-order valence-corrected chi connectivity index (χ4v) is 2.69. The van der Waals surface area contributed by atoms with Crippen molar-refractivity contribution < 1.29 is 9.47 Å². The Balaban J connectivity index is 1.90. The fraction of sp³-hybridized carbons (Fsp3) is 0.353. The zero-order chi connectivity index (χ0) is 14.7. The molecule has 4 heteroatoms. The van der Waals surface area contributed by atoms with Crippen LogP contribution in [0.5, 0.6) is 11.5 Å². The van der Waals surface area contributed by atoms with E-state index in [0.29, 0.717) is 11.8 Å². The van der Waals surface area contributed by atoms with Crippen molar-refractivity contribution in [3.05, 3.63) is 36.5 Å². The third-order valence-electron chi connectivity index (χ3n) is 3.83. The summed E-state index contributed by atoms with van der Waals surface area (Å²) < 4.78 is 10.7. The van der Waals surface area contributed by atoms with Crippen molar-refractivity contribution >= 4 is 16.6 Å². The topological polar surface area (TPSA) is 43.4 Å². The summed E-state index contributed by atoms with van der Waals surface area (Å²) in [7, 11) is 3.28. The molecule has 0 spiro atoms. The van der Waals surface area contributed by atoms with Gasteiger partial charge in [-0.25, -0.2) is 0 Å². The van der Waals surface area contributed by atoms with Crippen molar-refractivity contribution in [2.24, 2.45) is 0 Å². The van der Waals surface area contributed by atoms with Gasteiger partial charge < -0.3 is 14.8 Å². The van der Waals surface area contributed by atoms with Gasteiger partial charge in [-0.1, -0.05) is 12.2 Å². The Hall–Kier alpha value is -2.23. The van der Waals surface area contributed by atoms with Crippen molar-refractivity contribution in [2.75, 3.05) is 19.5 Å². The molecule has 0 aliphatic heterocycles. The largest absolute Gasteiger partial charge is 0.493 e. The summed E-state index contributed by atoms with van der Waals surface area (Å²) in [6.45, 7) is 0. The SMILES string of the molecule is COc1cc2cc(NC3CC=CCC3)cnc2cc1OC. The molecule has 0 saturated carbocycles. The van der Waals surface area contributed by atoms with Crippen molar-refractivity contribution in [2.45, 2.75) is 25.3 Å². The van der Waals surface area contributed by atoms with Crippen molar-refractivity contribution in [1.82, 2.24) is 4.98 Å². The second-order valence-corrected chi connectivity index (χ2v) is 5.25. The van der Waals surface area contributed by atoms with Gasteiger partial charge in [0.25, 0.3) is 0 Å². The third kappa shape index (κ3) is 2.94. The smallest absolute Gasteiger partial charge is 0.162 e. The van der Waals surface area contributed by atoms with Gasteiger partial charge in [-0.05, 0) is 31.4 Å². The van der Waals surface area contributed by atoms with E-state index in [1.807, 2.05) is 18.3 Å². The minimum absolute atomic E-state index is 0.495. The normalized spacial score (nSPS) is 17.7. The van der Waals surface area contributed by atoms with Crippen LogP contribution in [0.3, 0.4) is 0 Å². The molecule has 0 radical (unpaired) electrons. The van der Waals surface area contributed by atoms with E-state index >= 15 is 0 Å². The van der Waals surface area contributed by atoms with Gasteiger partial charge in [0, 0.05) is 17.5 Å². The van der Waals surface area contributed by atoms with Crippen LogP contribution < -0.4 is 14.8 Å². The van der Waals surface area contributed by atoms with E-state index in [4.69, 9.17) is 9.47 Å². The lowest BCUT2D eigenvalue weighted by atomic mass is 10.0. The Morgan fingerprint density at radius 1 is 1.10 bits per heavy atom. The van der Waals surface area contributed by atoms with Crippen LogP contribution in [0.1, 0.15) is 19.3 Å². The number of aromatic nitrogens is 1. The molecular formula is C17H20N2O2. The summed E-state index contributed by atoms with van der Waals surface area (Å²) in [4.78, 5) is 4.51. The summed E-state index contributed by atoms with van der Waals surface area (Å²) in [5, 5.41) is 4.60. The number of hydrogen-bond donors (Lipinski definition) is 1. The predicted molar refractivity (Wildman–Crippen MR) is 85.2 cm³/mol. The molecule has 1 N–H and O–H groups in total. The van der Waals surface area contributed by atoms with E-state index in [1.54, 1.807) is 14.2 Å². The molecule has 1 aliphatic rings. The van der Waals surface area contributed by atoms with Crippen LogP contribution >= 0.6 is 0 Å². The highest BCUT2D eigenvalue weighted by atomic mass is 16.5. The number of nitrogens with one attached hydrogen (secondary N) is 1. The molecule has 0 bridgehead atoms. The Morgan fingerprint density at radius 3 is 2.62 bits per heavy atom. The molecule has 3 rings (SSSR count). The van der Waals surface area contributed by atoms with E-state index in [-0.39, 0.29) is 0 Å². The summed E-state index contributed by atoms with van der Waals surface area (Å²) in [6.07, 6.45) is 9.75. The maximum Gasteiger partial charge on any atom is 0.162 e. The van der Waals surface area contributed by atoms with E-state index in [2.05, 4.69) is 28.5 Å². The minimum atomic E-state index is 0.495. The molecule has 0 fully saturated rings. The highest BCUT2D eigenvalue weighted by Crippen LogP contribution is 2.32. The van der Waals surface area contributed by atoms with E-state index in [9.17, 15) is 0 Å². The van der Waals surface area contributed by atoms with Gasteiger partial charge in [0.05, 0.1) is 31.6 Å². The predicted octanol–water partition coefficient (Wildman–Crippen LogP) is 3.77. The quantitative estimate of drug-likeness (QED) is 0.868. The molecule has 0 amide bonds. The monoisotopic (exact) mass is 284 g/mol. The van der Waals surface area contributed by atoms with Gasteiger partial charge >= 0.3 is 0 Å². The Bertz CT molecular complexity index is 667. The zero-order valence-corrected chi connectivity index (χ0v) is 12.4. The summed E-state index contributed by atoms with van der Waals surface area (Å²) >= 11 is 0. The Labute approximate surface area is 124 Å². The van der Waals surface area contributed by atoms with Gasteiger partial charge in [0.15, 0.2) is 11.5 Å². The van der Waals surface area contributed by atoms with Crippen LogP contribution in [-0.2, 0) is 0 Å². The first-order valence-electron chi connectivity index (χ1n) is 7.23. The van der Waals surface area contributed by atoms with Crippen LogP contribution in [0.25, 0.3) is 10.9 Å². The number of allylic oxidation sites excluding steroid dienone is 1. The first-order chi connectivity index (χ1) is 10.3. The lowest BCUT2D eigenvalue weighted by molar-refractivity contribution is 0.356. The van der Waals surface area contributed by atoms with Crippen LogP contribution in [0.4, 0.5) is 5.69 Å². The number of anilines is 1. The number of rotatable bonds is 4. The number of nitrogens with zero attached hydrogens (tertiary/aromatic N) is 1. The molecule has 0 saturated heterocycles. The first-order valence-corrected chi connectivity index (χ1v) is 7.23. The summed E-state index contributed by atoms with van der Waals surface area (Å²) in [5.41, 5.74) is 1.96. The van der Waals surface area contributed by atoms with Crippen LogP contribution in [0.2, 0.25) is 0 Å². The Kier molecular flexibility index (Phi) is 3.95. The molecule has 1 heterocycles. The molecule has 4 nitrogen and oxygen atoms in total. The number of fused-ring (bicyclic) bond motifs is 1. The maximum absolute atomic E-state index is 5.35. The zero-order valence-electron chi connectivity index (χ0n) is 12.4. The van der Waals surface area contributed by atoms with Gasteiger partial charge in [-0.3, -0.25) is 4.98 Å². The first kappa shape index (κ1) is 13.7. The van der Waals surface area contributed by atoms with Crippen LogP contribution in [0, 0.1) is 0 Å². The van der Waals surface area contributed by atoms with Gasteiger partial charge in [-0.15, -0.1) is 0 Å². The van der Waals surface area contributed by atoms with E-state index < -0.39 is 0 Å². The average Bonchev–Trinajstić information content (AvgIpc) is 2.54. The second kappa shape index (κ2) is 6.04. The molecular weight excluding hydrogens is 264 g/mol. The number of pyridine rings is 1. The van der Waals surface area contributed by atoms with E-state index in [1.165, 1.54) is 6.42 Å². The molecule has 1 atom stereocenters. The fourth-order valence-electron chi connectivity index (χ4n) is 2.69. The molecule has 110 valence electrons. The lowest BCUT2D eigenvalue weighted by Crippen LogP contribution is -2.20. The minimum Gasteiger partial charge on any atom is -0.493 e. The van der Waals surface area contributed by atoms with Crippen molar-refractivity contribution in [3.63, 3.8) is 0 Å². The van der Waals surface area contributed by atoms with Gasteiger partial charge in [-0.2, -0.15) is 0 Å². The molecule has 1 aromatic heterocycles. The molecule has 1 unspecified atom stereocenters. The molecule has 1 aliphatic carbocycles. The van der Waals surface area contributed by atoms with Gasteiger partial charge in [0.1, 0.15) is 0 Å². The Morgan fingerprint density at radius 2 is 1.90 bits per heavy atom. The summed E-state index contributed by atoms with van der Waals surface area (Å²) in [6, 6.07) is 6.48. The average molecular weight is 284 g/mol. The number of methoxy groups -OCH3 is 2. The van der Waals surface area contributed by atoms with Crippen molar-refractivity contribution in [3.8, 4) is 11.5 Å². The lowest BCUT2D eigenvalue weighted by Gasteiger charge is -2.20. The maximum atomic E-state index is 5.35. The van der Waals surface area contributed by atoms with Gasteiger partial charge in [0.2, 0.25) is 0 Å². The van der Waals surface area contributed by atoms with Crippen LogP contribution in [-0.4, -0.2) is 25.2 Å². The molecule has 2 aromatic rings. The number of hydrogen-bond acceptors (Lipinski definition) is 4. The standard InChI is InChI=1S/C17H20N2O2/c1-20-16-9-12-8-14(19-13-6-4-3-5-7-13)11-18-15(12)10-17(16)21-2/h3-4,8-11,13,19H,5-7H2,1-2H3. The third-order valence-corrected chi connectivity index (χ3v) is 3.83. The second-order valence-electron chi connectivity index (χ2n) is 5.25. The number of ether oxygens (including phenoxy) is 2. The number of benzene rings is 1. The highest BCUT2D eigenvalue weighted by Gasteiger charge is 2.11. The molecule has 21 heavy (non-hydrogen) atoms. The van der Waals surface area contributed by atoms with Crippen molar-refractivity contribution in [1.29, 1.82) is 0 Å². The van der Waals surface area contributed by atoms with Crippen LogP contribution in [0.15, 0.2) is 36.5 Å². The summed E-state index contributed by atoms with van der Waals surface area (Å²) in [5.74, 6) is 1.43. The highest BCUT2D eigenvalue weighted by molar-refractivity contribution is 5.85. The van der Waals surface area contributed by atoms with E-state index in [0.717, 1.165) is 35.2 Å².